The molecular weight excluding hydrogens is 350 g/mol. The molecule has 1 aliphatic rings. The Bertz CT molecular complexity index is 621. The van der Waals surface area contributed by atoms with Gasteiger partial charge in [-0.2, -0.15) is 0 Å². The van der Waals surface area contributed by atoms with Gasteiger partial charge in [0.15, 0.2) is 0 Å². The number of unbranched alkanes of at least 4 members (excludes halogenated alkanes) is 4. The molecule has 0 aromatic carbocycles. The molecule has 2 amide bonds. The van der Waals surface area contributed by atoms with Crippen molar-refractivity contribution in [3.05, 3.63) is 24.0 Å². The van der Waals surface area contributed by atoms with E-state index in [0.717, 1.165) is 37.8 Å². The van der Waals surface area contributed by atoms with Crippen molar-refractivity contribution in [1.82, 2.24) is 14.4 Å². The minimum atomic E-state index is 0.0864. The van der Waals surface area contributed by atoms with Crippen LogP contribution in [-0.4, -0.2) is 44.8 Å². The average Bonchev–Trinajstić information content (AvgIpc) is 3.45. The predicted octanol–water partition coefficient (Wildman–Crippen LogP) is 4.50. The van der Waals surface area contributed by atoms with Crippen molar-refractivity contribution >= 4 is 11.8 Å². The first-order valence-corrected chi connectivity index (χ1v) is 11.2. The summed E-state index contributed by atoms with van der Waals surface area (Å²) in [6, 6.07) is 4.52. The van der Waals surface area contributed by atoms with Gasteiger partial charge in [0.2, 0.25) is 11.8 Å². The summed E-state index contributed by atoms with van der Waals surface area (Å²) in [4.78, 5) is 29.8. The monoisotopic (exact) mass is 389 g/mol. The number of hydrogen-bond donors (Lipinski definition) is 0. The van der Waals surface area contributed by atoms with Crippen molar-refractivity contribution in [2.24, 2.45) is 7.05 Å². The van der Waals surface area contributed by atoms with Gasteiger partial charge in [0, 0.05) is 37.4 Å². The largest absolute Gasteiger partial charge is 0.353 e. The Morgan fingerprint density at radius 2 is 1.86 bits per heavy atom. The van der Waals surface area contributed by atoms with Gasteiger partial charge in [0.05, 0.1) is 6.54 Å². The summed E-state index contributed by atoms with van der Waals surface area (Å²) in [5, 5.41) is 0. The van der Waals surface area contributed by atoms with Crippen LogP contribution in [0.1, 0.15) is 84.3 Å². The van der Waals surface area contributed by atoms with Crippen molar-refractivity contribution in [2.45, 2.75) is 97.2 Å². The summed E-state index contributed by atoms with van der Waals surface area (Å²) >= 11 is 0. The first-order valence-electron chi connectivity index (χ1n) is 11.2. The summed E-state index contributed by atoms with van der Waals surface area (Å²) in [5.74, 6) is 0.220. The predicted molar refractivity (Wildman–Crippen MR) is 114 cm³/mol. The molecule has 0 bridgehead atoms. The van der Waals surface area contributed by atoms with Crippen LogP contribution in [0.25, 0.3) is 0 Å². The Morgan fingerprint density at radius 1 is 1.14 bits per heavy atom. The molecule has 1 unspecified atom stereocenters. The zero-order valence-electron chi connectivity index (χ0n) is 18.3. The van der Waals surface area contributed by atoms with E-state index < -0.39 is 0 Å². The molecule has 1 saturated carbocycles. The van der Waals surface area contributed by atoms with Gasteiger partial charge in [-0.05, 0) is 44.7 Å². The number of aryl methyl sites for hydroxylation is 1. The topological polar surface area (TPSA) is 45.6 Å². The van der Waals surface area contributed by atoms with Crippen LogP contribution in [-0.2, 0) is 23.2 Å². The van der Waals surface area contributed by atoms with Crippen molar-refractivity contribution < 1.29 is 9.59 Å². The SMILES string of the molecule is CCCCCCCC(=O)N(CC(=O)N(Cc1cccn1C)C1CC1)C(C)CC. The molecule has 0 aliphatic heterocycles. The molecule has 1 aliphatic carbocycles. The first kappa shape index (κ1) is 22.5. The lowest BCUT2D eigenvalue weighted by atomic mass is 10.1. The van der Waals surface area contributed by atoms with Crippen LogP contribution in [0, 0.1) is 0 Å². The molecule has 1 fully saturated rings. The maximum atomic E-state index is 13.1. The van der Waals surface area contributed by atoms with E-state index in [9.17, 15) is 9.59 Å². The lowest BCUT2D eigenvalue weighted by Gasteiger charge is -2.31. The molecule has 0 N–H and O–H groups in total. The van der Waals surface area contributed by atoms with E-state index in [4.69, 9.17) is 0 Å². The van der Waals surface area contributed by atoms with Crippen LogP contribution in [0.3, 0.4) is 0 Å². The second-order valence-electron chi connectivity index (χ2n) is 8.31. The molecule has 0 saturated heterocycles. The second kappa shape index (κ2) is 11.3. The van der Waals surface area contributed by atoms with Crippen LogP contribution in [0.2, 0.25) is 0 Å². The van der Waals surface area contributed by atoms with Crippen LogP contribution in [0.4, 0.5) is 0 Å². The van der Waals surface area contributed by atoms with Crippen LogP contribution >= 0.6 is 0 Å². The molecule has 0 radical (unpaired) electrons. The Balaban J connectivity index is 1.96. The number of carbonyl (C=O) groups excluding carboxylic acids is 2. The Hall–Kier alpha value is -1.78. The molecule has 1 aromatic rings. The third-order valence-corrected chi connectivity index (χ3v) is 5.93. The molecular formula is C23H39N3O2. The molecule has 0 spiro atoms. The standard InChI is InChI=1S/C23H39N3O2/c1-5-7-8-9-10-13-22(27)25(19(3)6-2)18-23(28)26(20-14-15-20)17-21-12-11-16-24(21)4/h11-12,16,19-20H,5-10,13-15,17-18H2,1-4H3. The normalized spacial score (nSPS) is 14.7. The van der Waals surface area contributed by atoms with Crippen molar-refractivity contribution in [3.8, 4) is 0 Å². The summed E-state index contributed by atoms with van der Waals surface area (Å²) in [6.45, 7) is 7.18. The maximum absolute atomic E-state index is 13.1. The van der Waals surface area contributed by atoms with Crippen molar-refractivity contribution in [3.63, 3.8) is 0 Å². The van der Waals surface area contributed by atoms with Gasteiger partial charge in [0.1, 0.15) is 6.54 Å². The lowest BCUT2D eigenvalue weighted by molar-refractivity contribution is -0.143. The molecule has 5 heteroatoms. The van der Waals surface area contributed by atoms with Crippen molar-refractivity contribution in [2.75, 3.05) is 6.54 Å². The highest BCUT2D eigenvalue weighted by Crippen LogP contribution is 2.29. The third kappa shape index (κ3) is 6.68. The van der Waals surface area contributed by atoms with E-state index in [1.54, 1.807) is 0 Å². The highest BCUT2D eigenvalue weighted by Gasteiger charge is 2.34. The van der Waals surface area contributed by atoms with Gasteiger partial charge >= 0.3 is 0 Å². The van der Waals surface area contributed by atoms with E-state index in [-0.39, 0.29) is 24.4 Å². The summed E-state index contributed by atoms with van der Waals surface area (Å²) in [5.41, 5.74) is 1.14. The van der Waals surface area contributed by atoms with Gasteiger partial charge in [-0.1, -0.05) is 39.5 Å². The zero-order chi connectivity index (χ0) is 20.5. The van der Waals surface area contributed by atoms with Crippen molar-refractivity contribution in [1.29, 1.82) is 0 Å². The van der Waals surface area contributed by atoms with E-state index in [2.05, 4.69) is 31.4 Å². The van der Waals surface area contributed by atoms with E-state index >= 15 is 0 Å². The fraction of sp³-hybridized carbons (Fsp3) is 0.739. The second-order valence-corrected chi connectivity index (χ2v) is 8.31. The fourth-order valence-electron chi connectivity index (χ4n) is 3.61. The van der Waals surface area contributed by atoms with E-state index in [0.29, 0.717) is 19.0 Å². The first-order chi connectivity index (χ1) is 13.5. The quantitative estimate of drug-likeness (QED) is 0.466. The fourth-order valence-corrected chi connectivity index (χ4v) is 3.61. The summed E-state index contributed by atoms with van der Waals surface area (Å²) in [6.07, 6.45) is 11.3. The highest BCUT2D eigenvalue weighted by atomic mass is 16.2. The minimum absolute atomic E-state index is 0.0864. The Kier molecular flexibility index (Phi) is 9.07. The van der Waals surface area contributed by atoms with Gasteiger partial charge in [-0.3, -0.25) is 9.59 Å². The molecule has 1 atom stereocenters. The van der Waals surface area contributed by atoms with Gasteiger partial charge in [0.25, 0.3) is 0 Å². The molecule has 158 valence electrons. The lowest BCUT2D eigenvalue weighted by Crippen LogP contribution is -2.47. The van der Waals surface area contributed by atoms with Gasteiger partial charge in [-0.25, -0.2) is 0 Å². The van der Waals surface area contributed by atoms with Gasteiger partial charge in [-0.15, -0.1) is 0 Å². The zero-order valence-corrected chi connectivity index (χ0v) is 18.3. The average molecular weight is 390 g/mol. The van der Waals surface area contributed by atoms with Crippen LogP contribution in [0.5, 0.6) is 0 Å². The van der Waals surface area contributed by atoms with Gasteiger partial charge < -0.3 is 14.4 Å². The smallest absolute Gasteiger partial charge is 0.242 e. The van der Waals surface area contributed by atoms with Crippen LogP contribution < -0.4 is 0 Å². The highest BCUT2D eigenvalue weighted by molar-refractivity contribution is 5.85. The molecule has 1 aromatic heterocycles. The maximum Gasteiger partial charge on any atom is 0.242 e. The van der Waals surface area contributed by atoms with Crippen LogP contribution in [0.15, 0.2) is 18.3 Å². The number of amides is 2. The molecule has 5 nitrogen and oxygen atoms in total. The molecule has 28 heavy (non-hydrogen) atoms. The summed E-state index contributed by atoms with van der Waals surface area (Å²) < 4.78 is 2.07. The van der Waals surface area contributed by atoms with E-state index in [1.807, 2.05) is 29.1 Å². The number of aromatic nitrogens is 1. The van der Waals surface area contributed by atoms with E-state index in [1.165, 1.54) is 19.3 Å². The number of hydrogen-bond acceptors (Lipinski definition) is 2. The Labute approximate surface area is 171 Å². The minimum Gasteiger partial charge on any atom is -0.353 e. The molecule has 1 heterocycles. The summed E-state index contributed by atoms with van der Waals surface area (Å²) in [7, 11) is 2.01. The third-order valence-electron chi connectivity index (χ3n) is 5.93. The number of carbonyl (C=O) groups is 2. The Morgan fingerprint density at radius 3 is 2.43 bits per heavy atom. The molecule has 2 rings (SSSR count). The number of rotatable bonds is 13. The number of nitrogens with zero attached hydrogens (tertiary/aromatic N) is 3.